The van der Waals surface area contributed by atoms with Crippen molar-refractivity contribution in [2.75, 3.05) is 24.7 Å². The van der Waals surface area contributed by atoms with Gasteiger partial charge < -0.3 is 15.8 Å². The van der Waals surface area contributed by atoms with Crippen LogP contribution in [0, 0.1) is 0 Å². The van der Waals surface area contributed by atoms with Gasteiger partial charge in [0.15, 0.2) is 0 Å². The summed E-state index contributed by atoms with van der Waals surface area (Å²) in [6.45, 7) is 0.108. The Hall–Kier alpha value is -1.23. The number of benzene rings is 1. The highest BCUT2D eigenvalue weighted by Crippen LogP contribution is 2.22. The number of rotatable bonds is 3. The van der Waals surface area contributed by atoms with Gasteiger partial charge in [0.05, 0.1) is 18.5 Å². The van der Waals surface area contributed by atoms with Crippen molar-refractivity contribution in [3.05, 3.63) is 22.7 Å². The fourth-order valence-corrected chi connectivity index (χ4v) is 1.28. The van der Waals surface area contributed by atoms with E-state index >= 15 is 0 Å². The van der Waals surface area contributed by atoms with E-state index in [4.69, 9.17) is 5.73 Å². The minimum atomic E-state index is -0.329. The number of carbonyl (C=O) groups excluding carboxylic acids is 1. The number of ether oxygens (including phenoxy) is 1. The molecule has 76 valence electrons. The molecular formula is C9H11BrN2O2. The topological polar surface area (TPSA) is 64.3 Å². The molecule has 0 heterocycles. The normalized spacial score (nSPS) is 9.57. The largest absolute Gasteiger partial charge is 0.468 e. The zero-order chi connectivity index (χ0) is 10.6. The lowest BCUT2D eigenvalue weighted by atomic mass is 10.3. The molecular weight excluding hydrogens is 248 g/mol. The summed E-state index contributed by atoms with van der Waals surface area (Å²) in [4.78, 5) is 10.8. The molecule has 0 fully saturated rings. The zero-order valence-corrected chi connectivity index (χ0v) is 9.30. The molecule has 14 heavy (non-hydrogen) atoms. The molecule has 0 aliphatic rings. The number of hydrogen-bond donors (Lipinski definition) is 2. The van der Waals surface area contributed by atoms with Crippen LogP contribution in [-0.4, -0.2) is 19.6 Å². The lowest BCUT2D eigenvalue weighted by Gasteiger charge is -2.08. The molecule has 0 radical (unpaired) electrons. The van der Waals surface area contributed by atoms with Crippen molar-refractivity contribution in [3.8, 4) is 0 Å². The number of halogens is 1. The van der Waals surface area contributed by atoms with E-state index in [1.165, 1.54) is 7.11 Å². The molecule has 1 aromatic rings. The molecule has 5 heteroatoms. The first-order chi connectivity index (χ1) is 6.63. The number of hydrogen-bond acceptors (Lipinski definition) is 4. The number of carbonyl (C=O) groups is 1. The van der Waals surface area contributed by atoms with Crippen molar-refractivity contribution in [2.24, 2.45) is 0 Å². The number of nitrogens with one attached hydrogen (secondary N) is 1. The van der Waals surface area contributed by atoms with Gasteiger partial charge in [-0.15, -0.1) is 0 Å². The van der Waals surface area contributed by atoms with Crippen LogP contribution in [0.15, 0.2) is 22.7 Å². The fraction of sp³-hybridized carbons (Fsp3) is 0.222. The predicted molar refractivity (Wildman–Crippen MR) is 59.1 cm³/mol. The molecule has 0 saturated heterocycles. The third-order valence-corrected chi connectivity index (χ3v) is 2.16. The molecule has 3 N–H and O–H groups in total. The van der Waals surface area contributed by atoms with Crippen LogP contribution in [0.5, 0.6) is 0 Å². The van der Waals surface area contributed by atoms with Crippen molar-refractivity contribution in [2.45, 2.75) is 0 Å². The summed E-state index contributed by atoms with van der Waals surface area (Å²) in [5, 5.41) is 2.87. The van der Waals surface area contributed by atoms with Gasteiger partial charge in [0.1, 0.15) is 6.54 Å². The van der Waals surface area contributed by atoms with Gasteiger partial charge in [0.2, 0.25) is 0 Å². The Morgan fingerprint density at radius 3 is 3.00 bits per heavy atom. The van der Waals surface area contributed by atoms with E-state index in [9.17, 15) is 4.79 Å². The molecule has 0 bridgehead atoms. The highest BCUT2D eigenvalue weighted by Gasteiger charge is 2.02. The van der Waals surface area contributed by atoms with E-state index in [0.29, 0.717) is 11.4 Å². The summed E-state index contributed by atoms with van der Waals surface area (Å²) in [5.41, 5.74) is 6.99. The second-order valence-electron chi connectivity index (χ2n) is 2.66. The lowest BCUT2D eigenvalue weighted by Crippen LogP contribution is -2.15. The van der Waals surface area contributed by atoms with E-state index in [-0.39, 0.29) is 12.5 Å². The van der Waals surface area contributed by atoms with Crippen LogP contribution in [0.3, 0.4) is 0 Å². The van der Waals surface area contributed by atoms with Crippen LogP contribution >= 0.6 is 15.9 Å². The summed E-state index contributed by atoms with van der Waals surface area (Å²) in [7, 11) is 1.34. The maximum absolute atomic E-state index is 10.8. The van der Waals surface area contributed by atoms with Crippen LogP contribution in [0.1, 0.15) is 0 Å². The number of esters is 1. The Kier molecular flexibility index (Phi) is 3.76. The third kappa shape index (κ3) is 2.92. The average molecular weight is 259 g/mol. The summed E-state index contributed by atoms with van der Waals surface area (Å²) < 4.78 is 5.39. The molecule has 0 amide bonds. The molecule has 1 aromatic carbocycles. The van der Waals surface area contributed by atoms with Gasteiger partial charge in [0, 0.05) is 4.47 Å². The van der Waals surface area contributed by atoms with Gasteiger partial charge in [0.25, 0.3) is 0 Å². The molecule has 0 aliphatic heterocycles. The predicted octanol–water partition coefficient (Wildman–Crippen LogP) is 1.62. The Morgan fingerprint density at radius 2 is 2.36 bits per heavy atom. The van der Waals surface area contributed by atoms with Gasteiger partial charge >= 0.3 is 5.97 Å². The number of anilines is 2. The van der Waals surface area contributed by atoms with Gasteiger partial charge in [-0.1, -0.05) is 15.9 Å². The fourth-order valence-electron chi connectivity index (χ4n) is 0.921. The molecule has 0 atom stereocenters. The van der Waals surface area contributed by atoms with Gasteiger partial charge in [-0.05, 0) is 18.2 Å². The second kappa shape index (κ2) is 4.85. The van der Waals surface area contributed by atoms with Gasteiger partial charge in [-0.25, -0.2) is 0 Å². The molecule has 0 saturated carbocycles. The first-order valence-corrected chi connectivity index (χ1v) is 4.78. The SMILES string of the molecule is COC(=O)CNc1cc(Br)ccc1N. The zero-order valence-electron chi connectivity index (χ0n) is 7.71. The maximum atomic E-state index is 10.8. The van der Waals surface area contributed by atoms with Crippen LogP contribution in [0.2, 0.25) is 0 Å². The quantitative estimate of drug-likeness (QED) is 0.639. The van der Waals surface area contributed by atoms with Crippen LogP contribution in [0.25, 0.3) is 0 Å². The van der Waals surface area contributed by atoms with E-state index < -0.39 is 0 Å². The highest BCUT2D eigenvalue weighted by molar-refractivity contribution is 9.10. The van der Waals surface area contributed by atoms with E-state index in [0.717, 1.165) is 4.47 Å². The Balaban J connectivity index is 2.66. The molecule has 0 unspecified atom stereocenters. The average Bonchev–Trinajstić information content (AvgIpc) is 2.19. The summed E-state index contributed by atoms with van der Waals surface area (Å²) in [6, 6.07) is 5.39. The number of nitrogen functional groups attached to an aromatic ring is 1. The number of nitrogens with two attached hydrogens (primary N) is 1. The molecule has 0 aliphatic carbocycles. The van der Waals surface area contributed by atoms with Crippen molar-refractivity contribution < 1.29 is 9.53 Å². The molecule has 0 aromatic heterocycles. The summed E-state index contributed by atoms with van der Waals surface area (Å²) >= 11 is 3.31. The third-order valence-electron chi connectivity index (χ3n) is 1.67. The van der Waals surface area contributed by atoms with Crippen molar-refractivity contribution in [1.82, 2.24) is 0 Å². The Morgan fingerprint density at radius 1 is 1.64 bits per heavy atom. The van der Waals surface area contributed by atoms with Crippen molar-refractivity contribution in [1.29, 1.82) is 0 Å². The summed E-state index contributed by atoms with van der Waals surface area (Å²) in [5.74, 6) is -0.329. The molecule has 1 rings (SSSR count). The standard InChI is InChI=1S/C9H11BrN2O2/c1-14-9(13)5-12-8-4-6(10)2-3-7(8)11/h2-4,12H,5,11H2,1H3. The van der Waals surface area contributed by atoms with Crippen LogP contribution < -0.4 is 11.1 Å². The summed E-state index contributed by atoms with van der Waals surface area (Å²) in [6.07, 6.45) is 0. The van der Waals surface area contributed by atoms with Gasteiger partial charge in [-0.2, -0.15) is 0 Å². The molecule has 4 nitrogen and oxygen atoms in total. The highest BCUT2D eigenvalue weighted by atomic mass is 79.9. The van der Waals surface area contributed by atoms with Gasteiger partial charge in [-0.3, -0.25) is 4.79 Å². The Labute approximate surface area is 90.6 Å². The number of methoxy groups -OCH3 is 1. The first kappa shape index (κ1) is 10.8. The second-order valence-corrected chi connectivity index (χ2v) is 3.58. The monoisotopic (exact) mass is 258 g/mol. The van der Waals surface area contributed by atoms with Crippen LogP contribution in [0.4, 0.5) is 11.4 Å². The molecule has 0 spiro atoms. The minimum Gasteiger partial charge on any atom is -0.468 e. The lowest BCUT2D eigenvalue weighted by molar-refractivity contribution is -0.138. The first-order valence-electron chi connectivity index (χ1n) is 3.99. The van der Waals surface area contributed by atoms with E-state index in [2.05, 4.69) is 26.0 Å². The Bertz CT molecular complexity index is 342. The minimum absolute atomic E-state index is 0.108. The maximum Gasteiger partial charge on any atom is 0.325 e. The smallest absolute Gasteiger partial charge is 0.325 e. The van der Waals surface area contributed by atoms with E-state index in [1.54, 1.807) is 12.1 Å². The van der Waals surface area contributed by atoms with Crippen molar-refractivity contribution >= 4 is 33.3 Å². The van der Waals surface area contributed by atoms with E-state index in [1.807, 2.05) is 6.07 Å². The van der Waals surface area contributed by atoms with Crippen LogP contribution in [-0.2, 0) is 9.53 Å². The van der Waals surface area contributed by atoms with Crippen molar-refractivity contribution in [3.63, 3.8) is 0 Å².